The molecule has 3 aromatic carbocycles. The molecule has 1 heterocycles. The predicted octanol–water partition coefficient (Wildman–Crippen LogP) is 4.83. The van der Waals surface area contributed by atoms with E-state index in [2.05, 4.69) is 0 Å². The lowest BCUT2D eigenvalue weighted by Gasteiger charge is -2.20. The molecule has 0 radical (unpaired) electrons. The number of nitrogens with zero attached hydrogens (tertiary/aromatic N) is 1. The quantitative estimate of drug-likeness (QED) is 0.404. The number of hydrogen-bond donors (Lipinski definition) is 0. The number of carbonyl (C=O) groups is 3. The molecule has 0 spiro atoms. The Hall–Kier alpha value is -3.84. The summed E-state index contributed by atoms with van der Waals surface area (Å²) >= 11 is 5.25. The zero-order chi connectivity index (χ0) is 25.9. The number of para-hydroxylation sites is 2. The Balaban J connectivity index is 0.000000253. The van der Waals surface area contributed by atoms with Crippen molar-refractivity contribution in [3.63, 3.8) is 0 Å². The van der Waals surface area contributed by atoms with Crippen LogP contribution in [0, 0.1) is 0 Å². The van der Waals surface area contributed by atoms with Crippen LogP contribution in [0.1, 0.15) is 16.7 Å². The molecule has 1 aliphatic rings. The molecule has 7 nitrogen and oxygen atoms in total. The minimum atomic E-state index is -0.573. The Morgan fingerprint density at radius 2 is 1.39 bits per heavy atom. The van der Waals surface area contributed by atoms with Crippen LogP contribution < -0.4 is 9.47 Å². The van der Waals surface area contributed by atoms with Gasteiger partial charge in [0.25, 0.3) is 0 Å². The highest BCUT2D eigenvalue weighted by Crippen LogP contribution is 2.22. The van der Waals surface area contributed by atoms with E-state index < -0.39 is 6.09 Å². The topological polar surface area (TPSA) is 82.1 Å². The van der Waals surface area contributed by atoms with E-state index in [1.807, 2.05) is 66.7 Å². The Labute approximate surface area is 215 Å². The van der Waals surface area contributed by atoms with E-state index in [4.69, 9.17) is 25.8 Å². The number of cyclic esters (lactones) is 1. The van der Waals surface area contributed by atoms with Gasteiger partial charge in [-0.05, 0) is 35.7 Å². The van der Waals surface area contributed by atoms with Gasteiger partial charge in [0.1, 0.15) is 18.1 Å². The summed E-state index contributed by atoms with van der Waals surface area (Å²) in [6.07, 6.45) is 0.330. The van der Waals surface area contributed by atoms with E-state index >= 15 is 0 Å². The summed E-state index contributed by atoms with van der Waals surface area (Å²) in [4.78, 5) is 36.5. The van der Waals surface area contributed by atoms with Crippen LogP contribution in [0.15, 0.2) is 78.9 Å². The first-order valence-corrected chi connectivity index (χ1v) is 11.8. The van der Waals surface area contributed by atoms with Crippen LogP contribution >= 0.6 is 11.6 Å². The number of ether oxygens (including phenoxy) is 3. The third-order valence-corrected chi connectivity index (χ3v) is 5.73. The summed E-state index contributed by atoms with van der Waals surface area (Å²) in [5, 5.41) is -0.375. The highest BCUT2D eigenvalue weighted by molar-refractivity contribution is 6.63. The maximum Gasteiger partial charge on any atom is 0.416 e. The second-order valence-electron chi connectivity index (χ2n) is 8.02. The number of benzene rings is 3. The fourth-order valence-electron chi connectivity index (χ4n) is 3.90. The van der Waals surface area contributed by atoms with Crippen LogP contribution in [0.25, 0.3) is 0 Å². The molecule has 8 heteroatoms. The van der Waals surface area contributed by atoms with Crippen molar-refractivity contribution in [2.24, 2.45) is 0 Å². The van der Waals surface area contributed by atoms with Gasteiger partial charge < -0.3 is 14.2 Å². The molecule has 1 fully saturated rings. The molecule has 0 aliphatic carbocycles. The number of halogens is 1. The molecule has 0 saturated carbocycles. The number of imide groups is 1. The van der Waals surface area contributed by atoms with Crippen molar-refractivity contribution in [1.29, 1.82) is 0 Å². The number of methoxy groups -OCH3 is 2. The van der Waals surface area contributed by atoms with Crippen molar-refractivity contribution in [1.82, 2.24) is 4.90 Å². The van der Waals surface area contributed by atoms with Crippen LogP contribution in [0.3, 0.4) is 0 Å². The molecule has 3 aromatic rings. The summed E-state index contributed by atoms with van der Waals surface area (Å²) in [5.74, 6) is 1.06. The normalized spacial score (nSPS) is 14.4. The van der Waals surface area contributed by atoms with Crippen molar-refractivity contribution >= 4 is 28.8 Å². The molecule has 0 N–H and O–H groups in total. The Bertz CT molecular complexity index is 1180. The average molecular weight is 510 g/mol. The Morgan fingerprint density at radius 1 is 0.861 bits per heavy atom. The lowest BCUT2D eigenvalue weighted by Crippen LogP contribution is -2.41. The summed E-state index contributed by atoms with van der Waals surface area (Å²) in [5.41, 5.74) is 2.64. The van der Waals surface area contributed by atoms with Crippen LogP contribution in [-0.4, -0.2) is 49.0 Å². The van der Waals surface area contributed by atoms with Gasteiger partial charge in [0.15, 0.2) is 0 Å². The minimum absolute atomic E-state index is 0.102. The van der Waals surface area contributed by atoms with E-state index in [-0.39, 0.29) is 36.6 Å². The highest BCUT2D eigenvalue weighted by atomic mass is 35.5. The molecular weight excluding hydrogens is 482 g/mol. The fourth-order valence-corrected chi connectivity index (χ4v) is 4.04. The zero-order valence-corrected chi connectivity index (χ0v) is 20.9. The molecule has 0 aromatic heterocycles. The van der Waals surface area contributed by atoms with E-state index in [1.54, 1.807) is 26.4 Å². The van der Waals surface area contributed by atoms with Crippen LogP contribution in [-0.2, 0) is 33.6 Å². The summed E-state index contributed by atoms with van der Waals surface area (Å²) < 4.78 is 15.4. The van der Waals surface area contributed by atoms with E-state index in [9.17, 15) is 14.4 Å². The molecule has 1 aliphatic heterocycles. The predicted molar refractivity (Wildman–Crippen MR) is 136 cm³/mol. The molecule has 0 unspecified atom stereocenters. The molecule has 1 saturated heterocycles. The third kappa shape index (κ3) is 7.33. The SMILES string of the molecule is COc1ccccc1CC(=O)Cl.COc1ccccc1CC(=O)N1C(=O)OC[C@H]1Cc1ccccc1. The summed E-state index contributed by atoms with van der Waals surface area (Å²) in [6.45, 7) is 0.228. The van der Waals surface area contributed by atoms with E-state index in [0.717, 1.165) is 16.7 Å². The van der Waals surface area contributed by atoms with Crippen LogP contribution in [0.2, 0.25) is 0 Å². The zero-order valence-electron chi connectivity index (χ0n) is 20.2. The molecule has 0 bridgehead atoms. The lowest BCUT2D eigenvalue weighted by molar-refractivity contribution is -0.128. The van der Waals surface area contributed by atoms with E-state index in [0.29, 0.717) is 17.9 Å². The molecule has 4 rings (SSSR count). The van der Waals surface area contributed by atoms with Gasteiger partial charge in [-0.3, -0.25) is 9.59 Å². The Kier molecular flexibility index (Phi) is 9.89. The minimum Gasteiger partial charge on any atom is -0.496 e. The number of rotatable bonds is 8. The monoisotopic (exact) mass is 509 g/mol. The summed E-state index contributed by atoms with van der Waals surface area (Å²) in [7, 11) is 3.13. The second-order valence-corrected chi connectivity index (χ2v) is 8.44. The first kappa shape index (κ1) is 26.8. The van der Waals surface area contributed by atoms with Crippen molar-refractivity contribution in [3.05, 3.63) is 95.6 Å². The first-order valence-electron chi connectivity index (χ1n) is 11.4. The van der Waals surface area contributed by atoms with Gasteiger partial charge in [-0.2, -0.15) is 0 Å². The standard InChI is InChI=1S/C19H19NO4.C9H9ClO2/c1-23-17-10-6-5-9-15(17)12-18(21)20-16(13-24-19(20)22)11-14-7-3-2-4-8-14;1-12-8-5-3-2-4-7(8)6-9(10)11/h2-10,16H,11-13H2,1H3;2-5H,6H2,1H3/t16-;/m1./s1. The van der Waals surface area contributed by atoms with Gasteiger partial charge in [0.05, 0.1) is 33.1 Å². The molecule has 2 amide bonds. The first-order chi connectivity index (χ1) is 17.4. The third-order valence-electron chi connectivity index (χ3n) is 5.60. The second kappa shape index (κ2) is 13.3. The number of carbonyl (C=O) groups excluding carboxylic acids is 3. The fraction of sp³-hybridized carbons (Fsp3) is 0.250. The van der Waals surface area contributed by atoms with Crippen LogP contribution in [0.4, 0.5) is 4.79 Å². The van der Waals surface area contributed by atoms with Crippen molar-refractivity contribution in [3.8, 4) is 11.5 Å². The number of amides is 2. The Morgan fingerprint density at radius 3 is 1.94 bits per heavy atom. The molecule has 188 valence electrons. The van der Waals surface area contributed by atoms with Crippen molar-refractivity contribution in [2.45, 2.75) is 25.3 Å². The molecule has 36 heavy (non-hydrogen) atoms. The highest BCUT2D eigenvalue weighted by Gasteiger charge is 2.37. The van der Waals surface area contributed by atoms with Gasteiger partial charge in [0.2, 0.25) is 11.1 Å². The van der Waals surface area contributed by atoms with Crippen LogP contribution in [0.5, 0.6) is 11.5 Å². The van der Waals surface area contributed by atoms with Gasteiger partial charge >= 0.3 is 6.09 Å². The largest absolute Gasteiger partial charge is 0.496 e. The van der Waals surface area contributed by atoms with E-state index in [1.165, 1.54) is 4.90 Å². The molecular formula is C28H28ClNO6. The molecule has 1 atom stereocenters. The van der Waals surface area contributed by atoms with Gasteiger partial charge in [-0.1, -0.05) is 66.7 Å². The van der Waals surface area contributed by atoms with Gasteiger partial charge in [0, 0.05) is 11.1 Å². The summed E-state index contributed by atoms with van der Waals surface area (Å²) in [6, 6.07) is 24.1. The smallest absolute Gasteiger partial charge is 0.416 e. The van der Waals surface area contributed by atoms with Gasteiger partial charge in [-0.25, -0.2) is 9.69 Å². The van der Waals surface area contributed by atoms with Crippen molar-refractivity contribution in [2.75, 3.05) is 20.8 Å². The van der Waals surface area contributed by atoms with Gasteiger partial charge in [-0.15, -0.1) is 0 Å². The lowest BCUT2D eigenvalue weighted by atomic mass is 10.0. The van der Waals surface area contributed by atoms with Crippen molar-refractivity contribution < 1.29 is 28.6 Å². The average Bonchev–Trinajstić information content (AvgIpc) is 3.25. The number of hydrogen-bond acceptors (Lipinski definition) is 6. The maximum absolute atomic E-state index is 12.7. The maximum atomic E-state index is 12.7.